The third-order valence-electron chi connectivity index (χ3n) is 1.97. The number of rotatable bonds is 4. The molecule has 0 unspecified atom stereocenters. The van der Waals surface area contributed by atoms with Gasteiger partial charge in [0.15, 0.2) is 0 Å². The van der Waals surface area contributed by atoms with Crippen molar-refractivity contribution in [3.63, 3.8) is 0 Å². The fourth-order valence-electron chi connectivity index (χ4n) is 1.34. The van der Waals surface area contributed by atoms with E-state index in [2.05, 4.69) is 53.6 Å². The molecule has 2 heteroatoms. The van der Waals surface area contributed by atoms with Crippen LogP contribution in [0.15, 0.2) is 12.1 Å². The molecule has 1 nitrogen and oxygen atoms in total. The van der Waals surface area contributed by atoms with Crippen molar-refractivity contribution >= 4 is 22.6 Å². The SMILES string of the molecule is CCCc1ccc(I)c(CCC)n1. The van der Waals surface area contributed by atoms with E-state index in [1.807, 2.05) is 0 Å². The van der Waals surface area contributed by atoms with Gasteiger partial charge in [-0.25, -0.2) is 0 Å². The number of aryl methyl sites for hydroxylation is 2. The molecule has 0 aliphatic rings. The first kappa shape index (κ1) is 11.0. The number of hydrogen-bond donors (Lipinski definition) is 0. The highest BCUT2D eigenvalue weighted by molar-refractivity contribution is 14.1. The minimum absolute atomic E-state index is 1.10. The zero-order valence-electron chi connectivity index (χ0n) is 8.31. The maximum absolute atomic E-state index is 4.64. The van der Waals surface area contributed by atoms with Crippen LogP contribution in [0.4, 0.5) is 0 Å². The Bertz CT molecular complexity index is 271. The molecule has 0 fully saturated rings. The smallest absolute Gasteiger partial charge is 0.0540 e. The van der Waals surface area contributed by atoms with E-state index in [1.54, 1.807) is 0 Å². The van der Waals surface area contributed by atoms with Crippen molar-refractivity contribution in [3.8, 4) is 0 Å². The Morgan fingerprint density at radius 2 is 1.85 bits per heavy atom. The van der Waals surface area contributed by atoms with Crippen molar-refractivity contribution < 1.29 is 0 Å². The summed E-state index contributed by atoms with van der Waals surface area (Å²) < 4.78 is 1.30. The van der Waals surface area contributed by atoms with Crippen LogP contribution in [0.1, 0.15) is 38.1 Å². The zero-order valence-corrected chi connectivity index (χ0v) is 10.5. The Balaban J connectivity index is 2.83. The Labute approximate surface area is 94.1 Å². The van der Waals surface area contributed by atoms with Crippen molar-refractivity contribution in [2.75, 3.05) is 0 Å². The van der Waals surface area contributed by atoms with E-state index in [9.17, 15) is 0 Å². The molecule has 0 aliphatic heterocycles. The maximum atomic E-state index is 4.64. The largest absolute Gasteiger partial charge is 0.257 e. The fraction of sp³-hybridized carbons (Fsp3) is 0.545. The van der Waals surface area contributed by atoms with Crippen molar-refractivity contribution in [3.05, 3.63) is 27.1 Å². The van der Waals surface area contributed by atoms with Gasteiger partial charge < -0.3 is 0 Å². The van der Waals surface area contributed by atoms with E-state index < -0.39 is 0 Å². The second kappa shape index (κ2) is 5.58. The number of halogens is 1. The maximum Gasteiger partial charge on any atom is 0.0540 e. The van der Waals surface area contributed by atoms with Crippen LogP contribution in [0.2, 0.25) is 0 Å². The van der Waals surface area contributed by atoms with Gasteiger partial charge in [-0.3, -0.25) is 4.98 Å². The summed E-state index contributed by atoms with van der Waals surface area (Å²) in [4.78, 5) is 4.64. The second-order valence-corrected chi connectivity index (χ2v) is 4.39. The molecule has 0 spiro atoms. The van der Waals surface area contributed by atoms with Gasteiger partial charge in [-0.05, 0) is 47.6 Å². The summed E-state index contributed by atoms with van der Waals surface area (Å²) in [6.45, 7) is 4.39. The van der Waals surface area contributed by atoms with E-state index in [0.717, 1.165) is 12.8 Å². The van der Waals surface area contributed by atoms with E-state index in [-0.39, 0.29) is 0 Å². The molecule has 0 bridgehead atoms. The predicted octanol–water partition coefficient (Wildman–Crippen LogP) is 3.59. The van der Waals surface area contributed by atoms with Crippen LogP contribution < -0.4 is 0 Å². The van der Waals surface area contributed by atoms with Gasteiger partial charge in [-0.2, -0.15) is 0 Å². The second-order valence-electron chi connectivity index (χ2n) is 3.23. The molecule has 13 heavy (non-hydrogen) atoms. The molecule has 0 N–H and O–H groups in total. The highest BCUT2D eigenvalue weighted by atomic mass is 127. The Kier molecular flexibility index (Phi) is 4.70. The minimum Gasteiger partial charge on any atom is -0.257 e. The summed E-state index contributed by atoms with van der Waals surface area (Å²) in [6, 6.07) is 4.33. The first-order valence-electron chi connectivity index (χ1n) is 4.92. The van der Waals surface area contributed by atoms with E-state index >= 15 is 0 Å². The molecule has 72 valence electrons. The van der Waals surface area contributed by atoms with Crippen LogP contribution in [0.25, 0.3) is 0 Å². The van der Waals surface area contributed by atoms with Gasteiger partial charge in [-0.15, -0.1) is 0 Å². The summed E-state index contributed by atoms with van der Waals surface area (Å²) in [6.07, 6.45) is 4.57. The Morgan fingerprint density at radius 1 is 1.15 bits per heavy atom. The first-order valence-corrected chi connectivity index (χ1v) is 6.00. The topological polar surface area (TPSA) is 12.9 Å². The molecule has 1 rings (SSSR count). The molecule has 0 saturated heterocycles. The van der Waals surface area contributed by atoms with Crippen LogP contribution in [0.5, 0.6) is 0 Å². The third kappa shape index (κ3) is 3.25. The molecule has 1 aromatic heterocycles. The standard InChI is InChI=1S/C11H16IN/c1-3-5-9-7-8-10(12)11(13-9)6-4-2/h7-8H,3-6H2,1-2H3. The van der Waals surface area contributed by atoms with Crippen LogP contribution in [-0.2, 0) is 12.8 Å². The lowest BCUT2D eigenvalue weighted by atomic mass is 10.2. The molecular weight excluding hydrogens is 273 g/mol. The number of pyridine rings is 1. The fourth-order valence-corrected chi connectivity index (χ4v) is 1.91. The average molecular weight is 289 g/mol. The summed E-state index contributed by atoms with van der Waals surface area (Å²) in [5, 5.41) is 0. The first-order chi connectivity index (χ1) is 6.27. The number of aromatic nitrogens is 1. The Hall–Kier alpha value is -0.120. The van der Waals surface area contributed by atoms with Crippen LogP contribution in [0.3, 0.4) is 0 Å². The summed E-state index contributed by atoms with van der Waals surface area (Å²) in [7, 11) is 0. The zero-order chi connectivity index (χ0) is 9.68. The minimum atomic E-state index is 1.10. The summed E-state index contributed by atoms with van der Waals surface area (Å²) in [5.41, 5.74) is 2.51. The highest BCUT2D eigenvalue weighted by Crippen LogP contribution is 2.13. The molecule has 0 aliphatic carbocycles. The lowest BCUT2D eigenvalue weighted by Crippen LogP contribution is -1.98. The summed E-state index contributed by atoms with van der Waals surface area (Å²) in [5.74, 6) is 0. The van der Waals surface area contributed by atoms with Crippen molar-refractivity contribution in [2.24, 2.45) is 0 Å². The molecule has 0 radical (unpaired) electrons. The molecular formula is C11H16IN. The number of hydrogen-bond acceptors (Lipinski definition) is 1. The molecule has 0 atom stereocenters. The highest BCUT2D eigenvalue weighted by Gasteiger charge is 2.01. The molecule has 0 aromatic carbocycles. The van der Waals surface area contributed by atoms with Gasteiger partial charge in [0.05, 0.1) is 5.69 Å². The number of nitrogens with zero attached hydrogens (tertiary/aromatic N) is 1. The van der Waals surface area contributed by atoms with E-state index in [4.69, 9.17) is 0 Å². The lowest BCUT2D eigenvalue weighted by Gasteiger charge is -2.04. The molecule has 0 saturated carbocycles. The normalized spacial score (nSPS) is 10.4. The third-order valence-corrected chi connectivity index (χ3v) is 2.95. The quantitative estimate of drug-likeness (QED) is 0.772. The van der Waals surface area contributed by atoms with Gasteiger partial charge in [0.1, 0.15) is 0 Å². The van der Waals surface area contributed by atoms with Gasteiger partial charge >= 0.3 is 0 Å². The predicted molar refractivity (Wildman–Crippen MR) is 64.9 cm³/mol. The average Bonchev–Trinajstić information content (AvgIpc) is 2.12. The van der Waals surface area contributed by atoms with Gasteiger partial charge in [0.2, 0.25) is 0 Å². The van der Waals surface area contributed by atoms with Crippen LogP contribution in [-0.4, -0.2) is 4.98 Å². The molecule has 0 amide bonds. The Morgan fingerprint density at radius 3 is 2.46 bits per heavy atom. The van der Waals surface area contributed by atoms with Gasteiger partial charge in [0.25, 0.3) is 0 Å². The van der Waals surface area contributed by atoms with E-state index in [0.29, 0.717) is 0 Å². The van der Waals surface area contributed by atoms with Crippen molar-refractivity contribution in [1.82, 2.24) is 4.98 Å². The monoisotopic (exact) mass is 289 g/mol. The van der Waals surface area contributed by atoms with Crippen molar-refractivity contribution in [1.29, 1.82) is 0 Å². The van der Waals surface area contributed by atoms with Gasteiger partial charge in [-0.1, -0.05) is 26.7 Å². The van der Waals surface area contributed by atoms with Crippen LogP contribution >= 0.6 is 22.6 Å². The molecule has 1 heterocycles. The molecule has 1 aromatic rings. The van der Waals surface area contributed by atoms with Crippen LogP contribution in [0, 0.1) is 3.57 Å². The lowest BCUT2D eigenvalue weighted by molar-refractivity contribution is 0.826. The van der Waals surface area contributed by atoms with Gasteiger partial charge in [0, 0.05) is 9.26 Å². The summed E-state index contributed by atoms with van der Waals surface area (Å²) >= 11 is 2.37. The van der Waals surface area contributed by atoms with Crippen molar-refractivity contribution in [2.45, 2.75) is 39.5 Å². The van der Waals surface area contributed by atoms with E-state index in [1.165, 1.54) is 27.8 Å².